The summed E-state index contributed by atoms with van der Waals surface area (Å²) in [7, 11) is 0. The van der Waals surface area contributed by atoms with Gasteiger partial charge in [-0.2, -0.15) is 4.98 Å². The van der Waals surface area contributed by atoms with Gasteiger partial charge in [-0.3, -0.25) is 0 Å². The van der Waals surface area contributed by atoms with Gasteiger partial charge in [-0.1, -0.05) is 37.8 Å². The second kappa shape index (κ2) is 4.34. The molecule has 1 heterocycles. The highest BCUT2D eigenvalue weighted by Crippen LogP contribution is 2.47. The van der Waals surface area contributed by atoms with E-state index in [1.54, 1.807) is 0 Å². The third kappa shape index (κ3) is 1.78. The summed E-state index contributed by atoms with van der Waals surface area (Å²) in [5, 5.41) is 4.19. The van der Waals surface area contributed by atoms with Gasteiger partial charge in [-0.25, -0.2) is 0 Å². The lowest BCUT2D eigenvalue weighted by atomic mass is 9.66. The Bertz CT molecular complexity index is 416. The molecule has 2 saturated carbocycles. The highest BCUT2D eigenvalue weighted by molar-refractivity contribution is 5.14. The third-order valence-corrected chi connectivity index (χ3v) is 4.86. The van der Waals surface area contributed by atoms with Crippen LogP contribution in [0.1, 0.15) is 76.4 Å². The molecule has 18 heavy (non-hydrogen) atoms. The molecule has 0 unspecified atom stereocenters. The van der Waals surface area contributed by atoms with E-state index in [-0.39, 0.29) is 11.0 Å². The molecule has 4 nitrogen and oxygen atoms in total. The van der Waals surface area contributed by atoms with E-state index in [9.17, 15) is 0 Å². The van der Waals surface area contributed by atoms with Gasteiger partial charge in [-0.05, 0) is 32.1 Å². The fraction of sp³-hybridized carbons (Fsp3) is 0.857. The molecular formula is C14H23N3O. The Hall–Kier alpha value is -0.900. The van der Waals surface area contributed by atoms with Gasteiger partial charge in [-0.15, -0.1) is 0 Å². The van der Waals surface area contributed by atoms with Crippen molar-refractivity contribution in [2.75, 3.05) is 0 Å². The van der Waals surface area contributed by atoms with E-state index in [2.05, 4.69) is 17.1 Å². The largest absolute Gasteiger partial charge is 0.339 e. The average molecular weight is 249 g/mol. The van der Waals surface area contributed by atoms with Crippen molar-refractivity contribution in [2.24, 2.45) is 5.73 Å². The molecule has 0 amide bonds. The van der Waals surface area contributed by atoms with E-state index in [0.717, 1.165) is 31.0 Å². The molecule has 0 radical (unpaired) electrons. The molecule has 1 aromatic rings. The van der Waals surface area contributed by atoms with Crippen molar-refractivity contribution in [3.8, 4) is 0 Å². The maximum atomic E-state index is 6.39. The first-order valence-corrected chi connectivity index (χ1v) is 7.32. The summed E-state index contributed by atoms with van der Waals surface area (Å²) >= 11 is 0. The zero-order valence-electron chi connectivity index (χ0n) is 11.2. The van der Waals surface area contributed by atoms with Gasteiger partial charge in [0.1, 0.15) is 0 Å². The van der Waals surface area contributed by atoms with Crippen LogP contribution in [0.15, 0.2) is 4.52 Å². The molecule has 1 aromatic heterocycles. The topological polar surface area (TPSA) is 64.9 Å². The zero-order chi connectivity index (χ0) is 12.6. The molecule has 2 fully saturated rings. The van der Waals surface area contributed by atoms with Crippen molar-refractivity contribution in [3.05, 3.63) is 11.7 Å². The normalized spacial score (nSPS) is 25.0. The third-order valence-electron chi connectivity index (χ3n) is 4.86. The zero-order valence-corrected chi connectivity index (χ0v) is 11.2. The van der Waals surface area contributed by atoms with E-state index >= 15 is 0 Å². The molecule has 0 aliphatic heterocycles. The van der Waals surface area contributed by atoms with Crippen LogP contribution in [-0.2, 0) is 11.0 Å². The van der Waals surface area contributed by atoms with Crippen molar-refractivity contribution in [1.29, 1.82) is 0 Å². The molecular weight excluding hydrogens is 226 g/mol. The molecule has 0 saturated heterocycles. The van der Waals surface area contributed by atoms with Crippen molar-refractivity contribution < 1.29 is 4.52 Å². The standard InChI is InChI=1S/C14H23N3O/c1-2-6-13(7-5-8-13)12-16-11(17-18-12)14(15)9-3-4-10-14/h2-10,15H2,1H3. The van der Waals surface area contributed by atoms with E-state index < -0.39 is 0 Å². The molecule has 2 aliphatic carbocycles. The maximum absolute atomic E-state index is 6.39. The lowest BCUT2D eigenvalue weighted by Crippen LogP contribution is -2.36. The molecule has 4 heteroatoms. The number of hydrogen-bond acceptors (Lipinski definition) is 4. The minimum atomic E-state index is -0.321. The summed E-state index contributed by atoms with van der Waals surface area (Å²) in [5.41, 5.74) is 6.24. The van der Waals surface area contributed by atoms with E-state index in [0.29, 0.717) is 0 Å². The lowest BCUT2D eigenvalue weighted by Gasteiger charge is -2.38. The second-order valence-corrected chi connectivity index (χ2v) is 6.17. The Morgan fingerprint density at radius 3 is 2.44 bits per heavy atom. The van der Waals surface area contributed by atoms with E-state index in [4.69, 9.17) is 10.3 Å². The first-order chi connectivity index (χ1) is 8.69. The Kier molecular flexibility index (Phi) is 2.93. The van der Waals surface area contributed by atoms with Gasteiger partial charge in [0, 0.05) is 5.41 Å². The summed E-state index contributed by atoms with van der Waals surface area (Å²) in [6.45, 7) is 2.22. The van der Waals surface area contributed by atoms with Gasteiger partial charge < -0.3 is 10.3 Å². The quantitative estimate of drug-likeness (QED) is 0.890. The van der Waals surface area contributed by atoms with Crippen molar-refractivity contribution in [2.45, 2.75) is 75.7 Å². The van der Waals surface area contributed by atoms with Gasteiger partial charge in [0.25, 0.3) is 0 Å². The molecule has 0 aromatic carbocycles. The minimum Gasteiger partial charge on any atom is -0.339 e. The van der Waals surface area contributed by atoms with Gasteiger partial charge in [0.05, 0.1) is 5.54 Å². The summed E-state index contributed by atoms with van der Waals surface area (Å²) in [4.78, 5) is 4.67. The molecule has 2 N–H and O–H groups in total. The van der Waals surface area contributed by atoms with Gasteiger partial charge >= 0.3 is 0 Å². The minimum absolute atomic E-state index is 0.176. The van der Waals surface area contributed by atoms with Crippen LogP contribution in [0.2, 0.25) is 0 Å². The summed E-state index contributed by atoms with van der Waals surface area (Å²) < 4.78 is 5.56. The van der Waals surface area contributed by atoms with Crippen LogP contribution in [0.25, 0.3) is 0 Å². The van der Waals surface area contributed by atoms with Gasteiger partial charge in [0.2, 0.25) is 5.89 Å². The van der Waals surface area contributed by atoms with Crippen molar-refractivity contribution in [3.63, 3.8) is 0 Å². The van der Waals surface area contributed by atoms with Crippen molar-refractivity contribution >= 4 is 0 Å². The Balaban J connectivity index is 1.84. The first-order valence-electron chi connectivity index (χ1n) is 7.32. The lowest BCUT2D eigenvalue weighted by molar-refractivity contribution is 0.160. The van der Waals surface area contributed by atoms with Crippen LogP contribution in [0, 0.1) is 0 Å². The molecule has 2 aliphatic rings. The molecule has 100 valence electrons. The molecule has 0 spiro atoms. The first kappa shape index (κ1) is 12.2. The summed E-state index contributed by atoms with van der Waals surface area (Å²) in [5.74, 6) is 1.60. The number of aromatic nitrogens is 2. The van der Waals surface area contributed by atoms with Crippen LogP contribution in [0.4, 0.5) is 0 Å². The van der Waals surface area contributed by atoms with Crippen LogP contribution < -0.4 is 5.73 Å². The monoisotopic (exact) mass is 249 g/mol. The highest BCUT2D eigenvalue weighted by Gasteiger charge is 2.44. The molecule has 0 bridgehead atoms. The number of hydrogen-bond donors (Lipinski definition) is 1. The predicted molar refractivity (Wildman–Crippen MR) is 69.1 cm³/mol. The average Bonchev–Trinajstić information content (AvgIpc) is 2.93. The Morgan fingerprint density at radius 1 is 1.17 bits per heavy atom. The smallest absolute Gasteiger partial charge is 0.232 e. The van der Waals surface area contributed by atoms with Crippen LogP contribution >= 0.6 is 0 Å². The Morgan fingerprint density at radius 2 is 1.89 bits per heavy atom. The van der Waals surface area contributed by atoms with Gasteiger partial charge in [0.15, 0.2) is 5.82 Å². The van der Waals surface area contributed by atoms with E-state index in [1.165, 1.54) is 38.5 Å². The summed E-state index contributed by atoms with van der Waals surface area (Å²) in [6, 6.07) is 0. The fourth-order valence-corrected chi connectivity index (χ4v) is 3.52. The molecule has 0 atom stereocenters. The van der Waals surface area contributed by atoms with Crippen LogP contribution in [0.5, 0.6) is 0 Å². The summed E-state index contributed by atoms with van der Waals surface area (Å²) in [6.07, 6.45) is 10.4. The van der Waals surface area contributed by atoms with Crippen LogP contribution in [0.3, 0.4) is 0 Å². The predicted octanol–water partition coefficient (Wildman–Crippen LogP) is 3.02. The van der Waals surface area contributed by atoms with E-state index in [1.807, 2.05) is 0 Å². The fourth-order valence-electron chi connectivity index (χ4n) is 3.52. The highest BCUT2D eigenvalue weighted by atomic mass is 16.5. The maximum Gasteiger partial charge on any atom is 0.232 e. The van der Waals surface area contributed by atoms with Crippen LogP contribution in [-0.4, -0.2) is 10.1 Å². The SMILES string of the molecule is CCCC1(c2nc(C3(N)CCCC3)no2)CCC1. The molecule has 3 rings (SSSR count). The Labute approximate surface area is 108 Å². The number of rotatable bonds is 4. The number of nitrogens with zero attached hydrogens (tertiary/aromatic N) is 2. The number of nitrogens with two attached hydrogens (primary N) is 1. The van der Waals surface area contributed by atoms with Crippen molar-refractivity contribution in [1.82, 2.24) is 10.1 Å². The second-order valence-electron chi connectivity index (χ2n) is 6.17.